The molecule has 4 N–H and O–H groups in total. The molecule has 3 aromatic rings. The lowest BCUT2D eigenvalue weighted by atomic mass is 9.69. The zero-order valence-corrected chi connectivity index (χ0v) is 18.7. The van der Waals surface area contributed by atoms with E-state index >= 15 is 0 Å². The van der Waals surface area contributed by atoms with Gasteiger partial charge in [-0.2, -0.15) is 0 Å². The molecule has 0 aliphatic heterocycles. The maximum absolute atomic E-state index is 12.8. The summed E-state index contributed by atoms with van der Waals surface area (Å²) in [5.41, 5.74) is 1.36. The smallest absolute Gasteiger partial charge is 0.335 e. The molecule has 0 heterocycles. The van der Waals surface area contributed by atoms with Crippen LogP contribution in [0.4, 0.5) is 0 Å². The molecule has 0 radical (unpaired) electrons. The van der Waals surface area contributed by atoms with Crippen molar-refractivity contribution in [3.05, 3.63) is 118 Å². The molecule has 1 unspecified atom stereocenters. The van der Waals surface area contributed by atoms with Crippen LogP contribution < -0.4 is 0 Å². The zero-order chi connectivity index (χ0) is 26.0. The van der Waals surface area contributed by atoms with Crippen LogP contribution in [0.25, 0.3) is 11.1 Å². The molecule has 0 saturated heterocycles. The van der Waals surface area contributed by atoms with Gasteiger partial charge in [-0.05, 0) is 70.7 Å². The Balaban J connectivity index is 1.89. The first-order chi connectivity index (χ1) is 17.1. The van der Waals surface area contributed by atoms with E-state index in [9.17, 15) is 39.6 Å². The molecule has 0 bridgehead atoms. The van der Waals surface area contributed by atoms with Gasteiger partial charge in [0.2, 0.25) is 0 Å². The molecule has 1 atom stereocenters. The molecule has 0 amide bonds. The van der Waals surface area contributed by atoms with E-state index in [1.807, 2.05) is 0 Å². The van der Waals surface area contributed by atoms with Gasteiger partial charge in [0.1, 0.15) is 5.41 Å². The minimum absolute atomic E-state index is 0.0172. The van der Waals surface area contributed by atoms with Gasteiger partial charge in [-0.1, -0.05) is 48.6 Å². The first kappa shape index (κ1) is 24.2. The Morgan fingerprint density at radius 1 is 0.583 bits per heavy atom. The van der Waals surface area contributed by atoms with E-state index in [0.717, 1.165) is 0 Å². The molecule has 36 heavy (non-hydrogen) atoms. The summed E-state index contributed by atoms with van der Waals surface area (Å²) in [5, 5.41) is 38.1. The molecule has 0 saturated carbocycles. The normalized spacial score (nSPS) is 17.0. The van der Waals surface area contributed by atoms with Crippen LogP contribution >= 0.6 is 0 Å². The predicted octanol–water partition coefficient (Wildman–Crippen LogP) is 4.67. The van der Waals surface area contributed by atoms with Crippen molar-refractivity contribution in [2.24, 2.45) is 0 Å². The quantitative estimate of drug-likeness (QED) is 0.378. The highest BCUT2D eigenvalue weighted by Crippen LogP contribution is 2.44. The van der Waals surface area contributed by atoms with Gasteiger partial charge in [-0.3, -0.25) is 4.79 Å². The highest BCUT2D eigenvalue weighted by Gasteiger charge is 2.42. The molecule has 8 heteroatoms. The van der Waals surface area contributed by atoms with Crippen LogP contribution in [0.15, 0.2) is 84.9 Å². The van der Waals surface area contributed by atoms with E-state index in [-0.39, 0.29) is 23.1 Å². The standard InChI is InChI=1S/C28H20O8/c29-24(30)18-5-1-16(2-6-18)21-13-22(17-3-7-19(8-4-17)25(31)32)15-28(14-21,27(35)36)23-11-9-20(10-12-23)26(33)34/h1-14H,15H2,(H,29,30)(H,31,32)(H,33,34)(H,35,36). The minimum Gasteiger partial charge on any atom is -0.480 e. The third-order valence-electron chi connectivity index (χ3n) is 6.20. The fourth-order valence-electron chi connectivity index (χ4n) is 4.24. The summed E-state index contributed by atoms with van der Waals surface area (Å²) in [5.74, 6) is -4.47. The number of carboxylic acid groups (broad SMARTS) is 4. The molecular weight excluding hydrogens is 464 g/mol. The van der Waals surface area contributed by atoms with Crippen molar-refractivity contribution in [2.45, 2.75) is 11.8 Å². The van der Waals surface area contributed by atoms with Gasteiger partial charge < -0.3 is 20.4 Å². The Kier molecular flexibility index (Phi) is 6.27. The molecule has 0 aromatic heterocycles. The molecule has 0 fully saturated rings. The van der Waals surface area contributed by atoms with Gasteiger partial charge >= 0.3 is 23.9 Å². The van der Waals surface area contributed by atoms with E-state index in [1.54, 1.807) is 36.4 Å². The Hall–Kier alpha value is -4.98. The second-order valence-electron chi connectivity index (χ2n) is 8.37. The van der Waals surface area contributed by atoms with Gasteiger partial charge in [0, 0.05) is 0 Å². The van der Waals surface area contributed by atoms with Gasteiger partial charge in [0.05, 0.1) is 16.7 Å². The Bertz CT molecular complexity index is 1430. The Labute approximate surface area is 205 Å². The number of hydrogen-bond acceptors (Lipinski definition) is 4. The van der Waals surface area contributed by atoms with Crippen molar-refractivity contribution in [3.8, 4) is 0 Å². The Morgan fingerprint density at radius 3 is 1.42 bits per heavy atom. The topological polar surface area (TPSA) is 149 Å². The summed E-state index contributed by atoms with van der Waals surface area (Å²) >= 11 is 0. The average Bonchev–Trinajstić information content (AvgIpc) is 2.88. The van der Waals surface area contributed by atoms with Crippen molar-refractivity contribution in [1.29, 1.82) is 0 Å². The van der Waals surface area contributed by atoms with Crippen LogP contribution in [0, 0.1) is 0 Å². The number of carboxylic acids is 4. The van der Waals surface area contributed by atoms with Crippen LogP contribution in [0.2, 0.25) is 0 Å². The summed E-state index contributed by atoms with van der Waals surface area (Å²) in [6.07, 6.45) is 3.40. The third-order valence-corrected chi connectivity index (χ3v) is 6.20. The maximum atomic E-state index is 12.8. The molecule has 1 aliphatic carbocycles. The number of aromatic carboxylic acids is 3. The fourth-order valence-corrected chi connectivity index (χ4v) is 4.24. The molecule has 180 valence electrons. The summed E-state index contributed by atoms with van der Waals surface area (Å²) in [6.45, 7) is 0. The van der Waals surface area contributed by atoms with Gasteiger partial charge in [-0.15, -0.1) is 0 Å². The van der Waals surface area contributed by atoms with Crippen LogP contribution in [0.3, 0.4) is 0 Å². The lowest BCUT2D eigenvalue weighted by Crippen LogP contribution is -2.36. The number of hydrogen-bond donors (Lipinski definition) is 4. The first-order valence-corrected chi connectivity index (χ1v) is 10.8. The van der Waals surface area contributed by atoms with Gasteiger partial charge in [0.15, 0.2) is 0 Å². The third kappa shape index (κ3) is 4.52. The summed E-state index contributed by atoms with van der Waals surface area (Å²) in [4.78, 5) is 46.6. The number of carbonyl (C=O) groups is 4. The molecular formula is C28H20O8. The van der Waals surface area contributed by atoms with Crippen LogP contribution in [0.1, 0.15) is 54.2 Å². The first-order valence-electron chi connectivity index (χ1n) is 10.8. The Morgan fingerprint density at radius 2 is 1.00 bits per heavy atom. The monoisotopic (exact) mass is 484 g/mol. The SMILES string of the molecule is O=C(O)c1ccc(C2=CC(C(=O)O)(c3ccc(C(=O)O)cc3)CC(c3ccc(C(=O)O)cc3)=C2)cc1. The zero-order valence-electron chi connectivity index (χ0n) is 18.7. The summed E-state index contributed by atoms with van der Waals surface area (Å²) < 4.78 is 0. The van der Waals surface area contributed by atoms with Crippen molar-refractivity contribution in [1.82, 2.24) is 0 Å². The van der Waals surface area contributed by atoms with Gasteiger partial charge in [-0.25, -0.2) is 14.4 Å². The van der Waals surface area contributed by atoms with Gasteiger partial charge in [0.25, 0.3) is 0 Å². The lowest BCUT2D eigenvalue weighted by Gasteiger charge is -2.32. The summed E-state index contributed by atoms with van der Waals surface area (Å²) in [6, 6.07) is 17.7. The van der Waals surface area contributed by atoms with Crippen molar-refractivity contribution < 1.29 is 39.6 Å². The largest absolute Gasteiger partial charge is 0.480 e. The molecule has 3 aromatic carbocycles. The number of allylic oxidation sites excluding steroid dienone is 3. The van der Waals surface area contributed by atoms with Crippen molar-refractivity contribution in [2.75, 3.05) is 0 Å². The second kappa shape index (κ2) is 9.34. The fraction of sp³-hybridized carbons (Fsp3) is 0.0714. The van der Waals surface area contributed by atoms with E-state index in [1.165, 1.54) is 48.5 Å². The average molecular weight is 484 g/mol. The molecule has 4 rings (SSSR count). The van der Waals surface area contributed by atoms with E-state index in [0.29, 0.717) is 27.8 Å². The molecule has 1 aliphatic rings. The van der Waals surface area contributed by atoms with Crippen molar-refractivity contribution in [3.63, 3.8) is 0 Å². The van der Waals surface area contributed by atoms with E-state index < -0.39 is 29.3 Å². The molecule has 8 nitrogen and oxygen atoms in total. The predicted molar refractivity (Wildman–Crippen MR) is 130 cm³/mol. The second-order valence-corrected chi connectivity index (χ2v) is 8.37. The minimum atomic E-state index is -1.56. The number of benzene rings is 3. The van der Waals surface area contributed by atoms with E-state index in [2.05, 4.69) is 0 Å². The van der Waals surface area contributed by atoms with Crippen molar-refractivity contribution >= 4 is 35.0 Å². The number of aliphatic carboxylic acids is 1. The van der Waals surface area contributed by atoms with Crippen LogP contribution in [-0.2, 0) is 10.2 Å². The number of rotatable bonds is 7. The molecule has 0 spiro atoms. The van der Waals surface area contributed by atoms with Crippen LogP contribution in [-0.4, -0.2) is 44.3 Å². The summed E-state index contributed by atoms with van der Waals surface area (Å²) in [7, 11) is 0. The van der Waals surface area contributed by atoms with Crippen LogP contribution in [0.5, 0.6) is 0 Å². The lowest BCUT2D eigenvalue weighted by molar-refractivity contribution is -0.141. The highest BCUT2D eigenvalue weighted by atomic mass is 16.4. The maximum Gasteiger partial charge on any atom is 0.335 e. The van der Waals surface area contributed by atoms with E-state index in [4.69, 9.17) is 0 Å². The highest BCUT2D eigenvalue weighted by molar-refractivity contribution is 5.98.